The topological polar surface area (TPSA) is 13.1 Å². The zero-order chi connectivity index (χ0) is 29.5. The second-order valence-electron chi connectivity index (χ2n) is 12.1. The summed E-state index contributed by atoms with van der Waals surface area (Å²) in [5.41, 5.74) is 6.79. The van der Waals surface area contributed by atoms with Gasteiger partial charge in [0.1, 0.15) is 11.2 Å². The number of furan rings is 1. The van der Waals surface area contributed by atoms with Crippen molar-refractivity contribution >= 4 is 75.8 Å². The average molecular weight is 571 g/mol. The molecule has 0 aliphatic rings. The van der Waals surface area contributed by atoms with Crippen LogP contribution in [0, 0.1) is 0 Å². The lowest BCUT2D eigenvalue weighted by molar-refractivity contribution is 0.670. The van der Waals surface area contributed by atoms with Crippen molar-refractivity contribution in [3.05, 3.63) is 158 Å². The predicted molar refractivity (Wildman–Crippen MR) is 192 cm³/mol. The molecule has 0 N–H and O–H groups in total. The van der Waals surface area contributed by atoms with Crippen LogP contribution in [0.4, 0.5) is 0 Å². The fraction of sp³-hybridized carbons (Fsp3) is 0. The predicted octanol–water partition coefficient (Wildman–Crippen LogP) is 12.7. The molecule has 0 saturated carbocycles. The summed E-state index contributed by atoms with van der Waals surface area (Å²) in [5.74, 6) is 0. The average Bonchev–Trinajstić information content (AvgIpc) is 3.47. The van der Waals surface area contributed by atoms with Crippen LogP contribution < -0.4 is 0 Å². The Morgan fingerprint density at radius 2 is 0.911 bits per heavy atom. The summed E-state index contributed by atoms with van der Waals surface area (Å²) >= 11 is 0. The van der Waals surface area contributed by atoms with Crippen molar-refractivity contribution in [1.82, 2.24) is 0 Å². The van der Waals surface area contributed by atoms with Crippen LogP contribution in [0.5, 0.6) is 0 Å². The molecule has 45 heavy (non-hydrogen) atoms. The Kier molecular flexibility index (Phi) is 5.06. The highest BCUT2D eigenvalue weighted by atomic mass is 16.3. The normalized spacial score (nSPS) is 12.0. The number of fused-ring (bicyclic) bond motifs is 12. The van der Waals surface area contributed by atoms with E-state index in [1.54, 1.807) is 0 Å². The molecule has 1 heteroatoms. The van der Waals surface area contributed by atoms with Crippen LogP contribution in [-0.2, 0) is 0 Å². The van der Waals surface area contributed by atoms with Crippen LogP contribution >= 0.6 is 0 Å². The second-order valence-corrected chi connectivity index (χ2v) is 12.1. The first kappa shape index (κ1) is 24.5. The van der Waals surface area contributed by atoms with Crippen molar-refractivity contribution in [3.8, 4) is 22.3 Å². The molecule has 1 aromatic heterocycles. The number of hydrogen-bond donors (Lipinski definition) is 0. The molecule has 0 amide bonds. The lowest BCUT2D eigenvalue weighted by atomic mass is 9.89. The van der Waals surface area contributed by atoms with Crippen molar-refractivity contribution in [2.45, 2.75) is 0 Å². The molecule has 1 heterocycles. The third-order valence-electron chi connectivity index (χ3n) is 9.60. The van der Waals surface area contributed by atoms with Crippen LogP contribution in [0.1, 0.15) is 0 Å². The maximum absolute atomic E-state index is 6.48. The molecule has 9 aromatic carbocycles. The zero-order valence-electron chi connectivity index (χ0n) is 24.4. The number of rotatable bonds is 2. The van der Waals surface area contributed by atoms with E-state index in [9.17, 15) is 0 Å². The summed E-state index contributed by atoms with van der Waals surface area (Å²) in [5, 5.41) is 14.9. The largest absolute Gasteiger partial charge is 0.456 e. The van der Waals surface area contributed by atoms with Crippen molar-refractivity contribution in [1.29, 1.82) is 0 Å². The van der Waals surface area contributed by atoms with Gasteiger partial charge in [0.2, 0.25) is 0 Å². The van der Waals surface area contributed by atoms with E-state index in [2.05, 4.69) is 158 Å². The molecule has 0 radical (unpaired) electrons. The molecule has 0 aliphatic heterocycles. The summed E-state index contributed by atoms with van der Waals surface area (Å²) in [4.78, 5) is 0. The van der Waals surface area contributed by atoms with Crippen LogP contribution in [0.3, 0.4) is 0 Å². The maximum Gasteiger partial charge on any atom is 0.136 e. The minimum Gasteiger partial charge on any atom is -0.456 e. The number of hydrogen-bond acceptors (Lipinski definition) is 1. The molecule has 0 bridgehead atoms. The van der Waals surface area contributed by atoms with Gasteiger partial charge < -0.3 is 4.42 Å². The first-order valence-electron chi connectivity index (χ1n) is 15.5. The molecule has 0 fully saturated rings. The molecule has 208 valence electrons. The van der Waals surface area contributed by atoms with E-state index >= 15 is 0 Å². The minimum atomic E-state index is 0.930. The zero-order valence-corrected chi connectivity index (χ0v) is 24.4. The Morgan fingerprint density at radius 3 is 1.80 bits per heavy atom. The van der Waals surface area contributed by atoms with E-state index in [0.717, 1.165) is 11.2 Å². The summed E-state index contributed by atoms with van der Waals surface area (Å²) in [6.07, 6.45) is 0. The van der Waals surface area contributed by atoms with Gasteiger partial charge in [-0.1, -0.05) is 121 Å². The molecule has 0 aliphatic carbocycles. The third-order valence-corrected chi connectivity index (χ3v) is 9.60. The summed E-state index contributed by atoms with van der Waals surface area (Å²) in [6.45, 7) is 0. The highest BCUT2D eigenvalue weighted by molar-refractivity contribution is 6.35. The van der Waals surface area contributed by atoms with Gasteiger partial charge in [-0.2, -0.15) is 0 Å². The lowest BCUT2D eigenvalue weighted by Gasteiger charge is -2.14. The maximum atomic E-state index is 6.48. The highest BCUT2D eigenvalue weighted by Crippen LogP contribution is 2.44. The van der Waals surface area contributed by atoms with Gasteiger partial charge in [0.15, 0.2) is 0 Å². The minimum absolute atomic E-state index is 0.930. The molecular formula is C44H26O. The van der Waals surface area contributed by atoms with Gasteiger partial charge in [-0.25, -0.2) is 0 Å². The Hall–Kier alpha value is -5.92. The Balaban J connectivity index is 1.23. The second kappa shape index (κ2) is 9.29. The molecule has 0 unspecified atom stereocenters. The summed E-state index contributed by atoms with van der Waals surface area (Å²) in [7, 11) is 0. The Bertz CT molecular complexity index is 2790. The van der Waals surface area contributed by atoms with Crippen LogP contribution in [-0.4, -0.2) is 0 Å². The van der Waals surface area contributed by atoms with E-state index in [-0.39, 0.29) is 0 Å². The number of benzene rings is 9. The molecule has 10 rings (SSSR count). The monoisotopic (exact) mass is 570 g/mol. The molecule has 0 spiro atoms. The highest BCUT2D eigenvalue weighted by Gasteiger charge is 2.17. The van der Waals surface area contributed by atoms with Gasteiger partial charge in [0.25, 0.3) is 0 Å². The van der Waals surface area contributed by atoms with Gasteiger partial charge >= 0.3 is 0 Å². The van der Waals surface area contributed by atoms with Crippen molar-refractivity contribution in [2.75, 3.05) is 0 Å². The van der Waals surface area contributed by atoms with Gasteiger partial charge in [-0.15, -0.1) is 0 Å². The van der Waals surface area contributed by atoms with Gasteiger partial charge in [0, 0.05) is 16.2 Å². The molecule has 1 nitrogen and oxygen atoms in total. The SMILES string of the molecule is c1cc(-c2ccc3c(c2)c2ccccc2c2c3ccc3oc4cc5ccccc5cc4c32)cc(-c2cccc3ccccc23)c1. The first-order valence-corrected chi connectivity index (χ1v) is 15.5. The summed E-state index contributed by atoms with van der Waals surface area (Å²) < 4.78 is 6.48. The standard InChI is InChI=1S/C44H26O/c1-2-11-30-26-42-40(25-29(30)10-1)44-41(45-42)22-21-38-36-20-19-31(24-39(36)35-16-5-6-17-37(35)43(38)44)28-13-7-14-32(23-28)34-18-8-12-27-9-3-4-15-33(27)34/h1-26H. The fourth-order valence-electron chi connectivity index (χ4n) is 7.52. The smallest absolute Gasteiger partial charge is 0.136 e. The van der Waals surface area contributed by atoms with Gasteiger partial charge in [-0.05, 0) is 107 Å². The van der Waals surface area contributed by atoms with Crippen molar-refractivity contribution in [3.63, 3.8) is 0 Å². The van der Waals surface area contributed by atoms with Crippen molar-refractivity contribution < 1.29 is 4.42 Å². The summed E-state index contributed by atoms with van der Waals surface area (Å²) in [6, 6.07) is 57.4. The van der Waals surface area contributed by atoms with E-state index < -0.39 is 0 Å². The van der Waals surface area contributed by atoms with E-state index in [1.807, 2.05) is 0 Å². The molecule has 0 atom stereocenters. The Labute approximate surface area is 259 Å². The van der Waals surface area contributed by atoms with Crippen molar-refractivity contribution in [2.24, 2.45) is 0 Å². The van der Waals surface area contributed by atoms with E-state index in [1.165, 1.54) is 86.9 Å². The van der Waals surface area contributed by atoms with Crippen LogP contribution in [0.2, 0.25) is 0 Å². The van der Waals surface area contributed by atoms with Crippen LogP contribution in [0.25, 0.3) is 98.1 Å². The third kappa shape index (κ3) is 3.62. The van der Waals surface area contributed by atoms with Gasteiger partial charge in [0.05, 0.1) is 0 Å². The molecule has 10 aromatic rings. The molecular weight excluding hydrogens is 544 g/mol. The van der Waals surface area contributed by atoms with E-state index in [4.69, 9.17) is 4.42 Å². The quantitative estimate of drug-likeness (QED) is 0.188. The first-order chi connectivity index (χ1) is 22.3. The van der Waals surface area contributed by atoms with Crippen LogP contribution in [0.15, 0.2) is 162 Å². The Morgan fingerprint density at radius 1 is 0.289 bits per heavy atom. The van der Waals surface area contributed by atoms with E-state index in [0.29, 0.717) is 0 Å². The molecule has 0 saturated heterocycles. The lowest BCUT2D eigenvalue weighted by Crippen LogP contribution is -1.87. The van der Waals surface area contributed by atoms with Gasteiger partial charge in [-0.3, -0.25) is 0 Å². The fourth-order valence-corrected chi connectivity index (χ4v) is 7.52.